The van der Waals surface area contributed by atoms with Crippen LogP contribution in [0.4, 0.5) is 0 Å². The van der Waals surface area contributed by atoms with Crippen LogP contribution in [0.3, 0.4) is 0 Å². The summed E-state index contributed by atoms with van der Waals surface area (Å²) in [7, 11) is 1.69. The molecule has 17 heavy (non-hydrogen) atoms. The van der Waals surface area contributed by atoms with Gasteiger partial charge in [-0.05, 0) is 50.2 Å². The summed E-state index contributed by atoms with van der Waals surface area (Å²) in [6.07, 6.45) is 1.26. The van der Waals surface area contributed by atoms with E-state index in [4.69, 9.17) is 16.3 Å². The highest BCUT2D eigenvalue weighted by Crippen LogP contribution is 2.22. The molecule has 1 fully saturated rings. The van der Waals surface area contributed by atoms with E-state index in [1.54, 1.807) is 7.11 Å². The Labute approximate surface area is 107 Å². The van der Waals surface area contributed by atoms with Crippen LogP contribution in [0.5, 0.6) is 5.75 Å². The third-order valence-electron chi connectivity index (χ3n) is 3.15. The minimum Gasteiger partial charge on any atom is -0.496 e. The average molecular weight is 255 g/mol. The van der Waals surface area contributed by atoms with Gasteiger partial charge in [-0.2, -0.15) is 0 Å². The number of hydrogen-bond acceptors (Lipinski definition) is 3. The fourth-order valence-corrected chi connectivity index (χ4v) is 2.38. The van der Waals surface area contributed by atoms with Crippen molar-refractivity contribution in [1.82, 2.24) is 10.6 Å². The second-order valence-corrected chi connectivity index (χ2v) is 4.88. The standard InChI is InChI=1S/C13H19ClN2O/c1-17-13-3-2-12(14)6-11(13)9-16-8-10-4-5-15-7-10/h2-3,6,10,15-16H,4-5,7-9H2,1H3. The first-order chi connectivity index (χ1) is 8.29. The van der Waals surface area contributed by atoms with Crippen molar-refractivity contribution in [3.05, 3.63) is 28.8 Å². The van der Waals surface area contributed by atoms with Gasteiger partial charge in [0.2, 0.25) is 0 Å². The Morgan fingerprint density at radius 1 is 1.53 bits per heavy atom. The summed E-state index contributed by atoms with van der Waals surface area (Å²) in [6, 6.07) is 5.72. The molecule has 1 aliphatic heterocycles. The molecule has 0 aliphatic carbocycles. The highest BCUT2D eigenvalue weighted by Gasteiger charge is 2.13. The predicted molar refractivity (Wildman–Crippen MR) is 70.7 cm³/mol. The summed E-state index contributed by atoms with van der Waals surface area (Å²) in [5.74, 6) is 1.65. The third kappa shape index (κ3) is 3.60. The normalized spacial score (nSPS) is 19.5. The van der Waals surface area contributed by atoms with Crippen molar-refractivity contribution < 1.29 is 4.74 Å². The molecular formula is C13H19ClN2O. The quantitative estimate of drug-likeness (QED) is 0.844. The van der Waals surface area contributed by atoms with Crippen LogP contribution in [0.2, 0.25) is 5.02 Å². The maximum Gasteiger partial charge on any atom is 0.123 e. The maximum absolute atomic E-state index is 5.99. The zero-order valence-electron chi connectivity index (χ0n) is 10.1. The second kappa shape index (κ2) is 6.24. The molecular weight excluding hydrogens is 236 g/mol. The highest BCUT2D eigenvalue weighted by atomic mass is 35.5. The number of halogens is 1. The van der Waals surface area contributed by atoms with Gasteiger partial charge in [0.05, 0.1) is 7.11 Å². The molecule has 2 rings (SSSR count). The van der Waals surface area contributed by atoms with Gasteiger partial charge in [-0.3, -0.25) is 0 Å². The highest BCUT2D eigenvalue weighted by molar-refractivity contribution is 6.30. The van der Waals surface area contributed by atoms with Crippen LogP contribution >= 0.6 is 11.6 Å². The molecule has 3 nitrogen and oxygen atoms in total. The number of hydrogen-bond donors (Lipinski definition) is 2. The van der Waals surface area contributed by atoms with Crippen LogP contribution in [0.1, 0.15) is 12.0 Å². The lowest BCUT2D eigenvalue weighted by Crippen LogP contribution is -2.24. The Morgan fingerprint density at radius 3 is 3.12 bits per heavy atom. The summed E-state index contributed by atoms with van der Waals surface area (Å²) in [4.78, 5) is 0. The molecule has 1 saturated heterocycles. The predicted octanol–water partition coefficient (Wildman–Crippen LogP) is 2.05. The Balaban J connectivity index is 1.86. The van der Waals surface area contributed by atoms with Gasteiger partial charge < -0.3 is 15.4 Å². The van der Waals surface area contributed by atoms with E-state index in [1.165, 1.54) is 6.42 Å². The molecule has 0 radical (unpaired) electrons. The molecule has 0 bridgehead atoms. The number of methoxy groups -OCH3 is 1. The van der Waals surface area contributed by atoms with E-state index in [0.29, 0.717) is 0 Å². The van der Waals surface area contributed by atoms with E-state index in [2.05, 4.69) is 10.6 Å². The largest absolute Gasteiger partial charge is 0.496 e. The van der Waals surface area contributed by atoms with E-state index in [1.807, 2.05) is 18.2 Å². The molecule has 1 aliphatic rings. The van der Waals surface area contributed by atoms with E-state index in [0.717, 1.165) is 48.4 Å². The monoisotopic (exact) mass is 254 g/mol. The molecule has 1 aromatic rings. The number of nitrogens with one attached hydrogen (secondary N) is 2. The Bertz CT molecular complexity index is 364. The minimum atomic E-state index is 0.750. The molecule has 1 aromatic carbocycles. The van der Waals surface area contributed by atoms with Gasteiger partial charge in [-0.15, -0.1) is 0 Å². The fraction of sp³-hybridized carbons (Fsp3) is 0.538. The molecule has 0 saturated carbocycles. The Hall–Kier alpha value is -0.770. The number of ether oxygens (including phenoxy) is 1. The Kier molecular flexibility index (Phi) is 4.66. The summed E-state index contributed by atoms with van der Waals surface area (Å²) in [5.41, 5.74) is 1.12. The molecule has 94 valence electrons. The molecule has 4 heteroatoms. The van der Waals surface area contributed by atoms with Gasteiger partial charge in [0.15, 0.2) is 0 Å². The SMILES string of the molecule is COc1ccc(Cl)cc1CNCC1CCNC1. The maximum atomic E-state index is 5.99. The number of rotatable bonds is 5. The van der Waals surface area contributed by atoms with Gasteiger partial charge in [0.25, 0.3) is 0 Å². The first-order valence-electron chi connectivity index (χ1n) is 6.03. The van der Waals surface area contributed by atoms with E-state index in [-0.39, 0.29) is 0 Å². The van der Waals surface area contributed by atoms with Crippen LogP contribution in [-0.4, -0.2) is 26.7 Å². The van der Waals surface area contributed by atoms with E-state index < -0.39 is 0 Å². The van der Waals surface area contributed by atoms with Gasteiger partial charge in [-0.25, -0.2) is 0 Å². The topological polar surface area (TPSA) is 33.3 Å². The van der Waals surface area contributed by atoms with Gasteiger partial charge in [0, 0.05) is 17.1 Å². The van der Waals surface area contributed by atoms with Crippen LogP contribution in [0, 0.1) is 5.92 Å². The van der Waals surface area contributed by atoms with Crippen molar-refractivity contribution in [2.24, 2.45) is 5.92 Å². The third-order valence-corrected chi connectivity index (χ3v) is 3.39. The van der Waals surface area contributed by atoms with Crippen molar-refractivity contribution in [2.45, 2.75) is 13.0 Å². The summed E-state index contributed by atoms with van der Waals surface area (Å²) < 4.78 is 5.31. The van der Waals surface area contributed by atoms with Crippen molar-refractivity contribution >= 4 is 11.6 Å². The van der Waals surface area contributed by atoms with Gasteiger partial charge >= 0.3 is 0 Å². The molecule has 1 atom stereocenters. The zero-order valence-corrected chi connectivity index (χ0v) is 10.9. The molecule has 0 spiro atoms. The van der Waals surface area contributed by atoms with Crippen molar-refractivity contribution in [1.29, 1.82) is 0 Å². The molecule has 2 N–H and O–H groups in total. The molecule has 0 aromatic heterocycles. The van der Waals surface area contributed by atoms with E-state index >= 15 is 0 Å². The summed E-state index contributed by atoms with van der Waals surface area (Å²) >= 11 is 5.99. The lowest BCUT2D eigenvalue weighted by molar-refractivity contribution is 0.406. The lowest BCUT2D eigenvalue weighted by Gasteiger charge is -2.12. The van der Waals surface area contributed by atoms with Crippen LogP contribution in [-0.2, 0) is 6.54 Å². The fourth-order valence-electron chi connectivity index (χ4n) is 2.18. The van der Waals surface area contributed by atoms with Crippen LogP contribution in [0.15, 0.2) is 18.2 Å². The lowest BCUT2D eigenvalue weighted by atomic mass is 10.1. The zero-order chi connectivity index (χ0) is 12.1. The molecule has 0 amide bonds. The molecule has 1 heterocycles. The first kappa shape index (κ1) is 12.7. The average Bonchev–Trinajstić information content (AvgIpc) is 2.82. The second-order valence-electron chi connectivity index (χ2n) is 4.45. The van der Waals surface area contributed by atoms with Crippen LogP contribution < -0.4 is 15.4 Å². The van der Waals surface area contributed by atoms with Crippen molar-refractivity contribution in [2.75, 3.05) is 26.7 Å². The Morgan fingerprint density at radius 2 is 2.41 bits per heavy atom. The first-order valence-corrected chi connectivity index (χ1v) is 6.41. The summed E-state index contributed by atoms with van der Waals surface area (Å²) in [6.45, 7) is 4.12. The van der Waals surface area contributed by atoms with Crippen LogP contribution in [0.25, 0.3) is 0 Å². The molecule has 1 unspecified atom stereocenters. The van der Waals surface area contributed by atoms with E-state index in [9.17, 15) is 0 Å². The summed E-state index contributed by atoms with van der Waals surface area (Å²) in [5, 5.41) is 7.59. The van der Waals surface area contributed by atoms with Gasteiger partial charge in [-0.1, -0.05) is 11.6 Å². The number of benzene rings is 1. The van der Waals surface area contributed by atoms with Crippen molar-refractivity contribution in [3.63, 3.8) is 0 Å². The smallest absolute Gasteiger partial charge is 0.123 e. The minimum absolute atomic E-state index is 0.750. The van der Waals surface area contributed by atoms with Crippen molar-refractivity contribution in [3.8, 4) is 5.75 Å². The van der Waals surface area contributed by atoms with Gasteiger partial charge in [0.1, 0.15) is 5.75 Å².